The van der Waals surface area contributed by atoms with Gasteiger partial charge in [-0.05, 0) is 34.2 Å². The molecule has 5 heteroatoms. The lowest BCUT2D eigenvalue weighted by Crippen LogP contribution is -2.36. The lowest BCUT2D eigenvalue weighted by atomic mass is 9.88. The number of rotatable bonds is 3. The second kappa shape index (κ2) is 4.85. The quantitative estimate of drug-likeness (QED) is 0.661. The van der Waals surface area contributed by atoms with Gasteiger partial charge < -0.3 is 0 Å². The van der Waals surface area contributed by atoms with Crippen molar-refractivity contribution in [3.63, 3.8) is 0 Å². The van der Waals surface area contributed by atoms with Gasteiger partial charge in [-0.1, -0.05) is 19.8 Å². The molecule has 0 saturated heterocycles. The van der Waals surface area contributed by atoms with Crippen molar-refractivity contribution in [2.45, 2.75) is 32.2 Å². The Hall–Kier alpha value is -0.390. The van der Waals surface area contributed by atoms with Crippen molar-refractivity contribution in [3.8, 4) is 0 Å². The largest absolute Gasteiger partial charge is 0.271 e. The summed E-state index contributed by atoms with van der Waals surface area (Å²) in [7, 11) is 1.96. The molecular weight excluding hydrogens is 268 g/mol. The fourth-order valence-electron chi connectivity index (χ4n) is 2.84. The molecule has 0 aliphatic heterocycles. The molecule has 0 spiro atoms. The van der Waals surface area contributed by atoms with Gasteiger partial charge in [-0.3, -0.25) is 16.0 Å². The first-order chi connectivity index (χ1) is 7.65. The minimum atomic E-state index is 0.194. The lowest BCUT2D eigenvalue weighted by molar-refractivity contribution is 0.292. The molecule has 1 aromatic rings. The Morgan fingerprint density at radius 1 is 1.62 bits per heavy atom. The smallest absolute Gasteiger partial charge is 0.0708 e. The average molecular weight is 287 g/mol. The minimum Gasteiger partial charge on any atom is -0.271 e. The highest BCUT2D eigenvalue weighted by atomic mass is 79.9. The number of hydrazine groups is 1. The molecule has 0 amide bonds. The van der Waals surface area contributed by atoms with Crippen LogP contribution in [0.2, 0.25) is 0 Å². The number of hydrogen-bond donors (Lipinski definition) is 2. The topological polar surface area (TPSA) is 55.9 Å². The highest BCUT2D eigenvalue weighted by molar-refractivity contribution is 9.10. The van der Waals surface area contributed by atoms with Crippen LogP contribution in [0.5, 0.6) is 0 Å². The van der Waals surface area contributed by atoms with Gasteiger partial charge in [-0.15, -0.1) is 0 Å². The molecule has 90 valence electrons. The lowest BCUT2D eigenvalue weighted by Gasteiger charge is -2.26. The predicted octanol–water partition coefficient (Wildman–Crippen LogP) is 2.12. The van der Waals surface area contributed by atoms with E-state index in [9.17, 15) is 0 Å². The summed E-state index contributed by atoms with van der Waals surface area (Å²) in [6.07, 6.45) is 5.69. The van der Waals surface area contributed by atoms with Crippen LogP contribution in [-0.2, 0) is 7.05 Å². The molecule has 0 bridgehead atoms. The number of halogens is 1. The van der Waals surface area contributed by atoms with Crippen LogP contribution in [0.15, 0.2) is 10.7 Å². The second-order valence-corrected chi connectivity index (χ2v) is 5.57. The number of nitrogens with two attached hydrogens (primary N) is 1. The van der Waals surface area contributed by atoms with E-state index in [1.807, 2.05) is 17.9 Å². The van der Waals surface area contributed by atoms with E-state index >= 15 is 0 Å². The van der Waals surface area contributed by atoms with Crippen molar-refractivity contribution in [1.29, 1.82) is 0 Å². The third-order valence-corrected chi connectivity index (χ3v) is 4.38. The van der Waals surface area contributed by atoms with Gasteiger partial charge in [0.1, 0.15) is 0 Å². The molecule has 2 rings (SSSR count). The normalized spacial score (nSPS) is 27.2. The number of nitrogens with one attached hydrogen (secondary N) is 1. The van der Waals surface area contributed by atoms with E-state index in [0.717, 1.165) is 16.1 Å². The summed E-state index contributed by atoms with van der Waals surface area (Å²) in [5, 5.41) is 4.26. The number of hydrogen-bond acceptors (Lipinski definition) is 3. The summed E-state index contributed by atoms with van der Waals surface area (Å²) in [6, 6.07) is 0.194. The van der Waals surface area contributed by atoms with E-state index in [1.54, 1.807) is 0 Å². The van der Waals surface area contributed by atoms with Crippen LogP contribution in [0, 0.1) is 11.8 Å². The van der Waals surface area contributed by atoms with Crippen LogP contribution in [0.25, 0.3) is 0 Å². The summed E-state index contributed by atoms with van der Waals surface area (Å²) in [5.41, 5.74) is 4.12. The van der Waals surface area contributed by atoms with Crippen molar-refractivity contribution in [1.82, 2.24) is 15.2 Å². The van der Waals surface area contributed by atoms with Crippen molar-refractivity contribution < 1.29 is 0 Å². The maximum Gasteiger partial charge on any atom is 0.0708 e. The highest BCUT2D eigenvalue weighted by Crippen LogP contribution is 2.41. The monoisotopic (exact) mass is 286 g/mol. The van der Waals surface area contributed by atoms with E-state index in [1.165, 1.54) is 19.3 Å². The van der Waals surface area contributed by atoms with Crippen LogP contribution < -0.4 is 11.3 Å². The van der Waals surface area contributed by atoms with Gasteiger partial charge in [-0.2, -0.15) is 5.10 Å². The van der Waals surface area contributed by atoms with Gasteiger partial charge in [0.05, 0.1) is 22.4 Å². The molecule has 1 saturated carbocycles. The van der Waals surface area contributed by atoms with Gasteiger partial charge >= 0.3 is 0 Å². The third-order valence-electron chi connectivity index (χ3n) is 3.77. The van der Waals surface area contributed by atoms with Crippen molar-refractivity contribution >= 4 is 15.9 Å². The Bertz CT molecular complexity index is 343. The molecule has 1 aromatic heterocycles. The fourth-order valence-corrected chi connectivity index (χ4v) is 3.44. The molecule has 3 atom stereocenters. The summed E-state index contributed by atoms with van der Waals surface area (Å²) in [4.78, 5) is 0. The van der Waals surface area contributed by atoms with Crippen molar-refractivity contribution in [3.05, 3.63) is 16.4 Å². The highest BCUT2D eigenvalue weighted by Gasteiger charge is 2.33. The second-order valence-electron chi connectivity index (χ2n) is 4.72. The zero-order valence-corrected chi connectivity index (χ0v) is 11.4. The molecule has 0 aromatic carbocycles. The first kappa shape index (κ1) is 12.1. The van der Waals surface area contributed by atoms with E-state index in [2.05, 4.69) is 33.4 Å². The molecule has 1 fully saturated rings. The zero-order valence-electron chi connectivity index (χ0n) is 9.78. The van der Waals surface area contributed by atoms with Crippen LogP contribution in [0.3, 0.4) is 0 Å². The Kier molecular flexibility index (Phi) is 3.66. The van der Waals surface area contributed by atoms with Gasteiger partial charge in [0, 0.05) is 7.05 Å². The maximum atomic E-state index is 5.73. The standard InChI is InChI=1S/C11H19BrN4/c1-7-4-3-5-8(7)10(15-13)11-9(12)6-14-16(11)2/h6-8,10,15H,3-5,13H2,1-2H3. The van der Waals surface area contributed by atoms with E-state index in [4.69, 9.17) is 5.84 Å². The first-order valence-electron chi connectivity index (χ1n) is 5.78. The summed E-state index contributed by atoms with van der Waals surface area (Å²) >= 11 is 3.55. The number of aromatic nitrogens is 2. The zero-order chi connectivity index (χ0) is 11.7. The molecule has 3 N–H and O–H groups in total. The molecule has 4 nitrogen and oxygen atoms in total. The Morgan fingerprint density at radius 3 is 2.81 bits per heavy atom. The summed E-state index contributed by atoms with van der Waals surface area (Å²) in [6.45, 7) is 2.31. The summed E-state index contributed by atoms with van der Waals surface area (Å²) < 4.78 is 2.94. The van der Waals surface area contributed by atoms with E-state index < -0.39 is 0 Å². The summed E-state index contributed by atoms with van der Waals surface area (Å²) in [5.74, 6) is 7.06. The molecule has 1 aliphatic rings. The first-order valence-corrected chi connectivity index (χ1v) is 6.58. The predicted molar refractivity (Wildman–Crippen MR) is 67.5 cm³/mol. The Balaban J connectivity index is 2.28. The van der Waals surface area contributed by atoms with Gasteiger partial charge in [0.25, 0.3) is 0 Å². The fraction of sp³-hybridized carbons (Fsp3) is 0.727. The average Bonchev–Trinajstić information content (AvgIpc) is 2.80. The number of aryl methyl sites for hydroxylation is 1. The van der Waals surface area contributed by atoms with E-state index in [0.29, 0.717) is 5.92 Å². The Labute approximate surface area is 105 Å². The van der Waals surface area contributed by atoms with Gasteiger partial charge in [-0.25, -0.2) is 0 Å². The molecule has 16 heavy (non-hydrogen) atoms. The SMILES string of the molecule is CC1CCCC1C(NN)c1c(Br)cnn1C. The van der Waals surface area contributed by atoms with Crippen LogP contribution >= 0.6 is 15.9 Å². The molecule has 1 aliphatic carbocycles. The van der Waals surface area contributed by atoms with Gasteiger partial charge in [0.2, 0.25) is 0 Å². The molecule has 1 heterocycles. The molecular formula is C11H19BrN4. The van der Waals surface area contributed by atoms with Crippen molar-refractivity contribution in [2.24, 2.45) is 24.7 Å². The van der Waals surface area contributed by atoms with Crippen molar-refractivity contribution in [2.75, 3.05) is 0 Å². The van der Waals surface area contributed by atoms with Gasteiger partial charge in [0.15, 0.2) is 0 Å². The van der Waals surface area contributed by atoms with Crippen LogP contribution in [0.4, 0.5) is 0 Å². The molecule has 0 radical (unpaired) electrons. The number of nitrogens with zero attached hydrogens (tertiary/aromatic N) is 2. The van der Waals surface area contributed by atoms with E-state index in [-0.39, 0.29) is 6.04 Å². The molecule has 3 unspecified atom stereocenters. The van der Waals surface area contributed by atoms with Crippen LogP contribution in [0.1, 0.15) is 37.9 Å². The third kappa shape index (κ3) is 2.04. The van der Waals surface area contributed by atoms with Crippen LogP contribution in [-0.4, -0.2) is 9.78 Å². The maximum absolute atomic E-state index is 5.73. The minimum absolute atomic E-state index is 0.194. The Morgan fingerprint density at radius 2 is 2.38 bits per heavy atom.